The van der Waals surface area contributed by atoms with Crippen molar-refractivity contribution in [3.8, 4) is 0 Å². The van der Waals surface area contributed by atoms with E-state index in [-0.39, 0.29) is 16.8 Å². The summed E-state index contributed by atoms with van der Waals surface area (Å²) in [6, 6.07) is 5.26. The first-order valence-electron chi connectivity index (χ1n) is 4.71. The largest absolute Gasteiger partial charge is 0.327 e. The van der Waals surface area contributed by atoms with E-state index in [1.165, 1.54) is 30.5 Å². The Morgan fingerprint density at radius 3 is 2.47 bits per heavy atom. The lowest BCUT2D eigenvalue weighted by molar-refractivity contribution is 0.102. The molecule has 0 spiro atoms. The van der Waals surface area contributed by atoms with Gasteiger partial charge >= 0.3 is 0 Å². The molecule has 0 atom stereocenters. The average molecular weight is 232 g/mol. The summed E-state index contributed by atoms with van der Waals surface area (Å²) in [5, 5.41) is 8.23. The first-order chi connectivity index (χ1) is 8.15. The molecule has 0 radical (unpaired) electrons. The Labute approximate surface area is 94.5 Å². The molecule has 2 heterocycles. The number of aromatic amines is 2. The molecule has 0 unspecified atom stereocenters. The van der Waals surface area contributed by atoms with Gasteiger partial charge in [-0.1, -0.05) is 0 Å². The number of nitrogens with one attached hydrogen (secondary N) is 3. The van der Waals surface area contributed by atoms with Crippen molar-refractivity contribution < 1.29 is 4.79 Å². The van der Waals surface area contributed by atoms with Crippen LogP contribution in [0, 0.1) is 0 Å². The number of amides is 1. The molecular weight excluding hydrogens is 224 g/mol. The minimum Gasteiger partial charge on any atom is -0.327 e. The van der Waals surface area contributed by atoms with Crippen molar-refractivity contribution in [2.24, 2.45) is 0 Å². The van der Waals surface area contributed by atoms with Crippen molar-refractivity contribution in [3.05, 3.63) is 56.9 Å². The molecule has 0 aliphatic heterocycles. The monoisotopic (exact) mass is 232 g/mol. The van der Waals surface area contributed by atoms with E-state index in [4.69, 9.17) is 0 Å². The lowest BCUT2D eigenvalue weighted by Gasteiger charge is -2.02. The molecule has 0 aliphatic carbocycles. The van der Waals surface area contributed by atoms with Crippen molar-refractivity contribution in [1.29, 1.82) is 0 Å². The molecule has 0 saturated carbocycles. The molecule has 3 N–H and O–H groups in total. The second-order valence-electron chi connectivity index (χ2n) is 3.20. The normalized spacial score (nSPS) is 9.88. The maximum atomic E-state index is 11.6. The fourth-order valence-electron chi connectivity index (χ4n) is 1.15. The van der Waals surface area contributed by atoms with Gasteiger partial charge in [0.25, 0.3) is 11.5 Å². The van der Waals surface area contributed by atoms with E-state index in [1.807, 2.05) is 0 Å². The summed E-state index contributed by atoms with van der Waals surface area (Å²) < 4.78 is 0. The third-order valence-corrected chi connectivity index (χ3v) is 1.95. The van der Waals surface area contributed by atoms with Crippen LogP contribution in [0.4, 0.5) is 5.69 Å². The third-order valence-electron chi connectivity index (χ3n) is 1.95. The van der Waals surface area contributed by atoms with Crippen LogP contribution in [-0.4, -0.2) is 21.1 Å². The lowest BCUT2D eigenvalue weighted by atomic mass is 10.3. The van der Waals surface area contributed by atoms with Crippen LogP contribution in [-0.2, 0) is 0 Å². The number of pyridine rings is 1. The molecule has 2 rings (SSSR count). The number of hydrogen-bond acceptors (Lipinski definition) is 4. The van der Waals surface area contributed by atoms with Gasteiger partial charge in [-0.25, -0.2) is 5.10 Å². The summed E-state index contributed by atoms with van der Waals surface area (Å²) in [7, 11) is 0. The SMILES string of the molecule is O=C(Nc1ccc(=O)[nH]c1)c1ccc(=O)[nH]n1. The predicted octanol–water partition coefficient (Wildman–Crippen LogP) is -0.290. The Kier molecular flexibility index (Phi) is 2.82. The van der Waals surface area contributed by atoms with E-state index < -0.39 is 5.91 Å². The van der Waals surface area contributed by atoms with Crippen LogP contribution in [0.15, 0.2) is 40.1 Å². The van der Waals surface area contributed by atoms with Gasteiger partial charge in [-0.2, -0.15) is 5.10 Å². The minimum atomic E-state index is -0.478. The first-order valence-corrected chi connectivity index (χ1v) is 4.71. The molecule has 86 valence electrons. The van der Waals surface area contributed by atoms with Gasteiger partial charge in [0.05, 0.1) is 5.69 Å². The number of hydrogen-bond donors (Lipinski definition) is 3. The Morgan fingerprint density at radius 1 is 1.12 bits per heavy atom. The maximum Gasteiger partial charge on any atom is 0.276 e. The summed E-state index contributed by atoms with van der Waals surface area (Å²) in [4.78, 5) is 35.6. The van der Waals surface area contributed by atoms with Crippen molar-refractivity contribution >= 4 is 11.6 Å². The topological polar surface area (TPSA) is 108 Å². The number of carbonyl (C=O) groups excluding carboxylic acids is 1. The van der Waals surface area contributed by atoms with Crippen LogP contribution in [0.1, 0.15) is 10.5 Å². The van der Waals surface area contributed by atoms with E-state index in [9.17, 15) is 14.4 Å². The zero-order valence-corrected chi connectivity index (χ0v) is 8.56. The first kappa shape index (κ1) is 10.8. The van der Waals surface area contributed by atoms with Gasteiger partial charge in [-0.15, -0.1) is 0 Å². The molecule has 17 heavy (non-hydrogen) atoms. The van der Waals surface area contributed by atoms with E-state index in [0.29, 0.717) is 5.69 Å². The van der Waals surface area contributed by atoms with Gasteiger partial charge in [-0.05, 0) is 12.1 Å². The second-order valence-corrected chi connectivity index (χ2v) is 3.20. The van der Waals surface area contributed by atoms with Gasteiger partial charge in [0, 0.05) is 18.3 Å². The molecule has 0 aliphatic rings. The van der Waals surface area contributed by atoms with Gasteiger partial charge < -0.3 is 10.3 Å². The number of aromatic nitrogens is 3. The number of carbonyl (C=O) groups is 1. The molecule has 7 heteroatoms. The highest BCUT2D eigenvalue weighted by Gasteiger charge is 2.07. The van der Waals surface area contributed by atoms with Crippen LogP contribution in [0.5, 0.6) is 0 Å². The van der Waals surface area contributed by atoms with E-state index >= 15 is 0 Å². The maximum absolute atomic E-state index is 11.6. The third kappa shape index (κ3) is 2.65. The van der Waals surface area contributed by atoms with Gasteiger partial charge in [0.15, 0.2) is 0 Å². The van der Waals surface area contributed by atoms with Crippen LogP contribution in [0.2, 0.25) is 0 Å². The highest BCUT2D eigenvalue weighted by atomic mass is 16.2. The minimum absolute atomic E-state index is 0.0794. The Morgan fingerprint density at radius 2 is 1.88 bits per heavy atom. The second kappa shape index (κ2) is 4.44. The Hall–Kier alpha value is -2.70. The molecule has 0 aromatic carbocycles. The summed E-state index contributed by atoms with van der Waals surface area (Å²) in [5.74, 6) is -0.478. The van der Waals surface area contributed by atoms with Crippen molar-refractivity contribution in [2.45, 2.75) is 0 Å². The molecule has 2 aromatic rings. The van der Waals surface area contributed by atoms with Crippen molar-refractivity contribution in [1.82, 2.24) is 15.2 Å². The highest BCUT2D eigenvalue weighted by Crippen LogP contribution is 2.02. The summed E-state index contributed by atoms with van der Waals surface area (Å²) in [5.41, 5.74) is -0.130. The van der Waals surface area contributed by atoms with Gasteiger partial charge in [-0.3, -0.25) is 14.4 Å². The van der Waals surface area contributed by atoms with Crippen LogP contribution in [0.3, 0.4) is 0 Å². The highest BCUT2D eigenvalue weighted by molar-refractivity contribution is 6.02. The molecule has 2 aromatic heterocycles. The molecule has 0 bridgehead atoms. The lowest BCUT2D eigenvalue weighted by Crippen LogP contribution is -2.18. The van der Waals surface area contributed by atoms with E-state index in [2.05, 4.69) is 20.5 Å². The molecule has 0 saturated heterocycles. The fourth-order valence-corrected chi connectivity index (χ4v) is 1.15. The zero-order valence-electron chi connectivity index (χ0n) is 8.56. The van der Waals surface area contributed by atoms with E-state index in [1.54, 1.807) is 0 Å². The molecule has 0 fully saturated rings. The average Bonchev–Trinajstić information content (AvgIpc) is 2.33. The van der Waals surface area contributed by atoms with Crippen molar-refractivity contribution in [2.75, 3.05) is 5.32 Å². The summed E-state index contributed by atoms with van der Waals surface area (Å²) in [6.45, 7) is 0. The predicted molar refractivity (Wildman–Crippen MR) is 59.9 cm³/mol. The number of rotatable bonds is 2. The standard InChI is InChI=1S/C10H8N4O3/c15-8-3-1-6(5-11-8)12-10(17)7-2-4-9(16)14-13-7/h1-5H,(H,11,15)(H,12,17)(H,14,16). The number of H-pyrrole nitrogens is 2. The molecule has 1 amide bonds. The number of nitrogens with zero attached hydrogens (tertiary/aromatic N) is 1. The summed E-state index contributed by atoms with van der Waals surface area (Å²) >= 11 is 0. The fraction of sp³-hybridized carbons (Fsp3) is 0. The van der Waals surface area contributed by atoms with Crippen LogP contribution >= 0.6 is 0 Å². The smallest absolute Gasteiger partial charge is 0.276 e. The Bertz CT molecular complexity index is 618. The Balaban J connectivity index is 2.16. The van der Waals surface area contributed by atoms with Crippen molar-refractivity contribution in [3.63, 3.8) is 0 Å². The number of anilines is 1. The molecule has 7 nitrogen and oxygen atoms in total. The van der Waals surface area contributed by atoms with Gasteiger partial charge in [0.1, 0.15) is 5.69 Å². The van der Waals surface area contributed by atoms with Crippen LogP contribution < -0.4 is 16.4 Å². The zero-order chi connectivity index (χ0) is 12.3. The van der Waals surface area contributed by atoms with Gasteiger partial charge in [0.2, 0.25) is 5.56 Å². The quantitative estimate of drug-likeness (QED) is 0.661. The van der Waals surface area contributed by atoms with E-state index in [0.717, 1.165) is 0 Å². The molecular formula is C10H8N4O3. The van der Waals surface area contributed by atoms with Crippen LogP contribution in [0.25, 0.3) is 0 Å². The summed E-state index contributed by atoms with van der Waals surface area (Å²) in [6.07, 6.45) is 1.37.